The van der Waals surface area contributed by atoms with E-state index in [4.69, 9.17) is 10.5 Å². The zero-order chi connectivity index (χ0) is 11.9. The second kappa shape index (κ2) is 6.01. The van der Waals surface area contributed by atoms with Crippen molar-refractivity contribution in [3.8, 4) is 5.75 Å². The Balaban J connectivity index is 1.90. The molecule has 0 aliphatic heterocycles. The van der Waals surface area contributed by atoms with Gasteiger partial charge in [-0.25, -0.2) is 0 Å². The zero-order valence-corrected chi connectivity index (χ0v) is 9.67. The van der Waals surface area contributed by atoms with Gasteiger partial charge in [0, 0.05) is 30.9 Å². The van der Waals surface area contributed by atoms with Crippen molar-refractivity contribution in [3.63, 3.8) is 0 Å². The summed E-state index contributed by atoms with van der Waals surface area (Å²) in [4.78, 5) is 3.98. The van der Waals surface area contributed by atoms with Crippen molar-refractivity contribution < 1.29 is 4.74 Å². The Bertz CT molecular complexity index is 457. The molecule has 0 radical (unpaired) electrons. The number of ether oxygens (including phenoxy) is 1. The fraction of sp³-hybridized carbons (Fsp3) is 0.214. The fourth-order valence-corrected chi connectivity index (χ4v) is 1.64. The first-order valence-electron chi connectivity index (χ1n) is 5.70. The van der Waals surface area contributed by atoms with Crippen LogP contribution in [0.5, 0.6) is 5.75 Å². The van der Waals surface area contributed by atoms with Gasteiger partial charge in [0.1, 0.15) is 5.75 Å². The number of para-hydroxylation sites is 1. The average molecular weight is 228 g/mol. The monoisotopic (exact) mass is 228 g/mol. The molecule has 0 saturated carbocycles. The zero-order valence-electron chi connectivity index (χ0n) is 9.67. The first-order valence-corrected chi connectivity index (χ1v) is 5.70. The molecule has 3 heteroatoms. The maximum absolute atomic E-state index is 5.73. The molecule has 0 unspecified atom stereocenters. The highest BCUT2D eigenvalue weighted by Gasteiger charge is 2.00. The minimum Gasteiger partial charge on any atom is -0.493 e. The normalized spacial score (nSPS) is 10.2. The predicted molar refractivity (Wildman–Crippen MR) is 67.8 cm³/mol. The summed E-state index contributed by atoms with van der Waals surface area (Å²) in [6.07, 6.45) is 4.47. The third-order valence-electron chi connectivity index (χ3n) is 2.59. The van der Waals surface area contributed by atoms with Gasteiger partial charge >= 0.3 is 0 Å². The lowest BCUT2D eigenvalue weighted by Gasteiger charge is -2.09. The molecule has 0 fully saturated rings. The lowest BCUT2D eigenvalue weighted by atomic mass is 10.2. The molecular formula is C14H16N2O. The second-order valence-corrected chi connectivity index (χ2v) is 3.77. The van der Waals surface area contributed by atoms with Crippen LogP contribution in [0.15, 0.2) is 48.8 Å². The molecule has 2 rings (SSSR count). The predicted octanol–water partition coefficient (Wildman–Crippen LogP) is 2.16. The summed E-state index contributed by atoms with van der Waals surface area (Å²) in [5.41, 5.74) is 7.92. The maximum Gasteiger partial charge on any atom is 0.123 e. The van der Waals surface area contributed by atoms with E-state index in [9.17, 15) is 0 Å². The van der Waals surface area contributed by atoms with Gasteiger partial charge in [0.2, 0.25) is 0 Å². The Morgan fingerprint density at radius 1 is 1.06 bits per heavy atom. The van der Waals surface area contributed by atoms with E-state index in [0.717, 1.165) is 17.7 Å². The summed E-state index contributed by atoms with van der Waals surface area (Å²) in [5, 5.41) is 0. The second-order valence-electron chi connectivity index (χ2n) is 3.77. The van der Waals surface area contributed by atoms with Gasteiger partial charge in [0.05, 0.1) is 6.61 Å². The van der Waals surface area contributed by atoms with Gasteiger partial charge in [-0.2, -0.15) is 0 Å². The van der Waals surface area contributed by atoms with E-state index in [2.05, 4.69) is 4.98 Å². The first kappa shape index (κ1) is 11.6. The van der Waals surface area contributed by atoms with Crippen molar-refractivity contribution in [2.45, 2.75) is 13.0 Å². The molecule has 0 amide bonds. The molecule has 1 heterocycles. The van der Waals surface area contributed by atoms with Gasteiger partial charge in [0.25, 0.3) is 0 Å². The smallest absolute Gasteiger partial charge is 0.123 e. The van der Waals surface area contributed by atoms with Crippen LogP contribution in [-0.2, 0) is 13.0 Å². The first-order chi connectivity index (χ1) is 8.40. The lowest BCUT2D eigenvalue weighted by Crippen LogP contribution is -2.05. The Hall–Kier alpha value is -1.87. The summed E-state index contributed by atoms with van der Waals surface area (Å²) in [7, 11) is 0. The molecule has 17 heavy (non-hydrogen) atoms. The van der Waals surface area contributed by atoms with Crippen molar-refractivity contribution in [1.82, 2.24) is 4.98 Å². The molecular weight excluding hydrogens is 212 g/mol. The molecule has 1 aromatic heterocycles. The average Bonchev–Trinajstić information content (AvgIpc) is 2.40. The maximum atomic E-state index is 5.73. The van der Waals surface area contributed by atoms with E-state index in [0.29, 0.717) is 13.2 Å². The number of nitrogens with two attached hydrogens (primary N) is 1. The molecule has 0 spiro atoms. The number of hydrogen-bond acceptors (Lipinski definition) is 3. The number of nitrogens with zero attached hydrogens (tertiary/aromatic N) is 1. The van der Waals surface area contributed by atoms with Crippen LogP contribution in [0, 0.1) is 0 Å². The molecule has 0 aliphatic carbocycles. The Morgan fingerprint density at radius 2 is 1.82 bits per heavy atom. The topological polar surface area (TPSA) is 48.1 Å². The fourth-order valence-electron chi connectivity index (χ4n) is 1.64. The van der Waals surface area contributed by atoms with E-state index in [1.807, 2.05) is 36.4 Å². The standard InChI is InChI=1S/C14H16N2O/c15-11-13-3-1-2-4-14(13)17-10-7-12-5-8-16-9-6-12/h1-6,8-9H,7,10-11,15H2. The van der Waals surface area contributed by atoms with Crippen LogP contribution in [0.3, 0.4) is 0 Å². The molecule has 2 aromatic rings. The van der Waals surface area contributed by atoms with E-state index < -0.39 is 0 Å². The Labute approximate surface area is 101 Å². The Morgan fingerprint density at radius 3 is 2.59 bits per heavy atom. The number of rotatable bonds is 5. The molecule has 0 aliphatic rings. The van der Waals surface area contributed by atoms with Gasteiger partial charge in [0.15, 0.2) is 0 Å². The highest BCUT2D eigenvalue weighted by Crippen LogP contribution is 2.17. The highest BCUT2D eigenvalue weighted by atomic mass is 16.5. The van der Waals surface area contributed by atoms with Crippen LogP contribution in [0.25, 0.3) is 0 Å². The van der Waals surface area contributed by atoms with Crippen molar-refractivity contribution in [2.24, 2.45) is 5.73 Å². The summed E-state index contributed by atoms with van der Waals surface area (Å²) in [6.45, 7) is 1.16. The van der Waals surface area contributed by atoms with E-state index >= 15 is 0 Å². The van der Waals surface area contributed by atoms with Crippen LogP contribution in [0.1, 0.15) is 11.1 Å². The molecule has 1 aromatic carbocycles. The highest BCUT2D eigenvalue weighted by molar-refractivity contribution is 5.33. The number of pyridine rings is 1. The minimum absolute atomic E-state index is 0.505. The van der Waals surface area contributed by atoms with Gasteiger partial charge in [-0.15, -0.1) is 0 Å². The summed E-state index contributed by atoms with van der Waals surface area (Å²) in [5.74, 6) is 0.879. The van der Waals surface area contributed by atoms with Gasteiger partial charge in [-0.05, 0) is 23.8 Å². The van der Waals surface area contributed by atoms with Crippen molar-refractivity contribution in [1.29, 1.82) is 0 Å². The van der Waals surface area contributed by atoms with Crippen molar-refractivity contribution in [3.05, 3.63) is 59.9 Å². The van der Waals surface area contributed by atoms with E-state index in [-0.39, 0.29) is 0 Å². The van der Waals surface area contributed by atoms with Gasteiger partial charge in [-0.1, -0.05) is 18.2 Å². The van der Waals surface area contributed by atoms with Crippen LogP contribution < -0.4 is 10.5 Å². The van der Waals surface area contributed by atoms with Gasteiger partial charge in [-0.3, -0.25) is 4.98 Å². The Kier molecular flexibility index (Phi) is 4.11. The molecule has 3 nitrogen and oxygen atoms in total. The molecule has 0 bridgehead atoms. The summed E-state index contributed by atoms with van der Waals surface area (Å²) < 4.78 is 5.73. The van der Waals surface area contributed by atoms with Crippen LogP contribution >= 0.6 is 0 Å². The van der Waals surface area contributed by atoms with Crippen molar-refractivity contribution >= 4 is 0 Å². The van der Waals surface area contributed by atoms with E-state index in [1.54, 1.807) is 12.4 Å². The molecule has 0 saturated heterocycles. The lowest BCUT2D eigenvalue weighted by molar-refractivity contribution is 0.318. The van der Waals surface area contributed by atoms with Gasteiger partial charge < -0.3 is 10.5 Å². The summed E-state index contributed by atoms with van der Waals surface area (Å²) >= 11 is 0. The number of aromatic nitrogens is 1. The summed E-state index contributed by atoms with van der Waals surface area (Å²) in [6, 6.07) is 11.9. The largest absolute Gasteiger partial charge is 0.493 e. The van der Waals surface area contributed by atoms with E-state index in [1.165, 1.54) is 5.56 Å². The quantitative estimate of drug-likeness (QED) is 0.853. The molecule has 0 atom stereocenters. The minimum atomic E-state index is 0.505. The third-order valence-corrected chi connectivity index (χ3v) is 2.59. The number of hydrogen-bond donors (Lipinski definition) is 1. The van der Waals surface area contributed by atoms with Crippen LogP contribution in [0.2, 0.25) is 0 Å². The third kappa shape index (κ3) is 3.29. The van der Waals surface area contributed by atoms with Crippen molar-refractivity contribution in [2.75, 3.05) is 6.61 Å². The number of benzene rings is 1. The van der Waals surface area contributed by atoms with Crippen LogP contribution in [0.4, 0.5) is 0 Å². The van der Waals surface area contributed by atoms with Crippen LogP contribution in [-0.4, -0.2) is 11.6 Å². The molecule has 88 valence electrons. The SMILES string of the molecule is NCc1ccccc1OCCc1ccncc1. The molecule has 2 N–H and O–H groups in total.